The summed E-state index contributed by atoms with van der Waals surface area (Å²) < 4.78 is 0.764. The van der Waals surface area contributed by atoms with Gasteiger partial charge in [0.15, 0.2) is 0 Å². The van der Waals surface area contributed by atoms with Gasteiger partial charge in [0.2, 0.25) is 0 Å². The van der Waals surface area contributed by atoms with Crippen LogP contribution in [0.5, 0.6) is 0 Å². The van der Waals surface area contributed by atoms with E-state index in [2.05, 4.69) is 10.1 Å². The number of hydrogen-bond acceptors (Lipinski definition) is 6. The molecule has 0 radical (unpaired) electrons. The lowest BCUT2D eigenvalue weighted by molar-refractivity contribution is -0.394. The SMILES string of the molecule is O=C(O)c1nc([N+](=O)[O-])nn1CCO. The molecule has 14 heavy (non-hydrogen) atoms. The zero-order valence-electron chi connectivity index (χ0n) is 6.82. The fraction of sp³-hybridized carbons (Fsp3) is 0.400. The maximum Gasteiger partial charge on any atom is 0.491 e. The zero-order chi connectivity index (χ0) is 10.7. The first-order chi connectivity index (χ1) is 6.56. The van der Waals surface area contributed by atoms with Gasteiger partial charge in [0, 0.05) is 5.10 Å². The first-order valence-corrected chi connectivity index (χ1v) is 3.49. The molecule has 0 bridgehead atoms. The summed E-state index contributed by atoms with van der Waals surface area (Å²) in [7, 11) is 0. The van der Waals surface area contributed by atoms with E-state index in [-0.39, 0.29) is 13.2 Å². The van der Waals surface area contributed by atoms with Gasteiger partial charge in [-0.15, -0.1) is 0 Å². The Labute approximate surface area is 76.8 Å². The molecule has 0 aliphatic carbocycles. The van der Waals surface area contributed by atoms with Crippen LogP contribution in [0.1, 0.15) is 10.6 Å². The van der Waals surface area contributed by atoms with Crippen molar-refractivity contribution in [1.29, 1.82) is 0 Å². The molecule has 0 spiro atoms. The Morgan fingerprint density at radius 2 is 2.29 bits per heavy atom. The molecule has 0 aliphatic rings. The summed E-state index contributed by atoms with van der Waals surface area (Å²) in [5, 5.41) is 30.6. The average Bonchev–Trinajstić information content (AvgIpc) is 2.49. The number of rotatable bonds is 4. The molecule has 0 atom stereocenters. The zero-order valence-corrected chi connectivity index (χ0v) is 6.82. The largest absolute Gasteiger partial charge is 0.491 e. The Kier molecular flexibility index (Phi) is 2.72. The van der Waals surface area contributed by atoms with Crippen LogP contribution in [0.2, 0.25) is 0 Å². The predicted molar refractivity (Wildman–Crippen MR) is 40.7 cm³/mol. The van der Waals surface area contributed by atoms with Crippen LogP contribution >= 0.6 is 0 Å². The highest BCUT2D eigenvalue weighted by Gasteiger charge is 2.25. The number of nitro groups is 1. The van der Waals surface area contributed by atoms with E-state index in [1.54, 1.807) is 0 Å². The highest BCUT2D eigenvalue weighted by Crippen LogP contribution is 2.05. The van der Waals surface area contributed by atoms with Crippen molar-refractivity contribution in [3.63, 3.8) is 0 Å². The average molecular weight is 202 g/mol. The molecule has 0 aromatic carbocycles. The summed E-state index contributed by atoms with van der Waals surface area (Å²) in [6.45, 7) is -0.525. The van der Waals surface area contributed by atoms with Crippen LogP contribution in [-0.2, 0) is 6.54 Å². The van der Waals surface area contributed by atoms with Crippen LogP contribution < -0.4 is 0 Å². The van der Waals surface area contributed by atoms with E-state index >= 15 is 0 Å². The predicted octanol–water partition coefficient (Wildman–Crippen LogP) is -1.12. The molecule has 0 unspecified atom stereocenters. The van der Waals surface area contributed by atoms with Gasteiger partial charge >= 0.3 is 17.7 Å². The highest BCUT2D eigenvalue weighted by atomic mass is 16.6. The number of aliphatic hydroxyl groups excluding tert-OH is 1. The number of carboxylic acids is 1. The molecule has 0 fully saturated rings. The standard InChI is InChI=1S/C5H6N4O5/c10-2-1-8-3(4(11)12)6-5(7-8)9(13)14/h10H,1-2H2,(H,11,12). The molecule has 1 aromatic heterocycles. The van der Waals surface area contributed by atoms with E-state index < -0.39 is 22.7 Å². The summed E-state index contributed by atoms with van der Waals surface area (Å²) >= 11 is 0. The molecule has 76 valence electrons. The van der Waals surface area contributed by atoms with Crippen molar-refractivity contribution in [3.8, 4) is 0 Å². The summed E-state index contributed by atoms with van der Waals surface area (Å²) in [6, 6.07) is 0. The number of aromatic carboxylic acids is 1. The minimum Gasteiger partial charge on any atom is -0.474 e. The second kappa shape index (κ2) is 3.79. The lowest BCUT2D eigenvalue weighted by Crippen LogP contribution is -2.13. The lowest BCUT2D eigenvalue weighted by Gasteiger charge is -1.91. The van der Waals surface area contributed by atoms with E-state index in [0.717, 1.165) is 4.68 Å². The van der Waals surface area contributed by atoms with Crippen LogP contribution in [0.25, 0.3) is 0 Å². The van der Waals surface area contributed by atoms with Gasteiger partial charge in [0.25, 0.3) is 0 Å². The normalized spacial score (nSPS) is 10.1. The number of carboxylic acid groups (broad SMARTS) is 1. The fourth-order valence-corrected chi connectivity index (χ4v) is 0.816. The topological polar surface area (TPSA) is 131 Å². The molecule has 0 saturated heterocycles. The van der Waals surface area contributed by atoms with Crippen molar-refractivity contribution in [2.75, 3.05) is 6.61 Å². The Morgan fingerprint density at radius 1 is 1.64 bits per heavy atom. The summed E-state index contributed by atoms with van der Waals surface area (Å²) in [6.07, 6.45) is 0. The number of carbonyl (C=O) groups is 1. The Bertz CT molecular complexity index is 372. The minimum absolute atomic E-state index is 0.150. The van der Waals surface area contributed by atoms with Crippen LogP contribution in [0.3, 0.4) is 0 Å². The maximum atomic E-state index is 10.5. The second-order valence-electron chi connectivity index (χ2n) is 2.24. The van der Waals surface area contributed by atoms with Gasteiger partial charge in [0.1, 0.15) is 0 Å². The molecule has 9 nitrogen and oxygen atoms in total. The molecular weight excluding hydrogens is 196 g/mol. The van der Waals surface area contributed by atoms with E-state index in [1.807, 2.05) is 0 Å². The van der Waals surface area contributed by atoms with Gasteiger partial charge < -0.3 is 20.3 Å². The van der Waals surface area contributed by atoms with Crippen molar-refractivity contribution in [2.45, 2.75) is 6.54 Å². The quantitative estimate of drug-likeness (QED) is 0.466. The summed E-state index contributed by atoms with van der Waals surface area (Å²) in [5.74, 6) is -2.79. The first kappa shape index (κ1) is 10.1. The molecule has 2 N–H and O–H groups in total. The monoisotopic (exact) mass is 202 g/mol. The van der Waals surface area contributed by atoms with Crippen molar-refractivity contribution in [2.24, 2.45) is 0 Å². The molecule has 1 heterocycles. The lowest BCUT2D eigenvalue weighted by atomic mass is 10.6. The molecule has 0 amide bonds. The van der Waals surface area contributed by atoms with E-state index in [1.165, 1.54) is 0 Å². The van der Waals surface area contributed by atoms with Crippen molar-refractivity contribution < 1.29 is 19.9 Å². The number of hydrogen-bond donors (Lipinski definition) is 2. The van der Waals surface area contributed by atoms with Crippen molar-refractivity contribution >= 4 is 11.9 Å². The van der Waals surface area contributed by atoms with Crippen molar-refractivity contribution in [1.82, 2.24) is 14.8 Å². The molecule has 0 saturated carbocycles. The van der Waals surface area contributed by atoms with Gasteiger partial charge in [-0.05, 0) is 9.91 Å². The molecule has 9 heteroatoms. The summed E-state index contributed by atoms with van der Waals surface area (Å²) in [4.78, 5) is 23.0. The van der Waals surface area contributed by atoms with Gasteiger partial charge in [-0.25, -0.2) is 4.79 Å². The molecule has 1 aromatic rings. The van der Waals surface area contributed by atoms with E-state index in [4.69, 9.17) is 10.2 Å². The number of aromatic nitrogens is 3. The van der Waals surface area contributed by atoms with Crippen LogP contribution in [0.15, 0.2) is 0 Å². The minimum atomic E-state index is -1.43. The third-order valence-corrected chi connectivity index (χ3v) is 1.33. The van der Waals surface area contributed by atoms with Gasteiger partial charge in [-0.2, -0.15) is 4.68 Å². The highest BCUT2D eigenvalue weighted by molar-refractivity contribution is 5.83. The first-order valence-electron chi connectivity index (χ1n) is 3.49. The molecule has 0 aliphatic heterocycles. The van der Waals surface area contributed by atoms with Crippen molar-refractivity contribution in [3.05, 3.63) is 15.9 Å². The van der Waals surface area contributed by atoms with Gasteiger partial charge in [-0.1, -0.05) is 0 Å². The molecular formula is C5H6N4O5. The number of aliphatic hydroxyl groups is 1. The Morgan fingerprint density at radius 3 is 2.71 bits per heavy atom. The van der Waals surface area contributed by atoms with Gasteiger partial charge in [0.05, 0.1) is 13.2 Å². The Balaban J connectivity index is 3.12. The third kappa shape index (κ3) is 1.82. The fourth-order valence-electron chi connectivity index (χ4n) is 0.816. The van der Waals surface area contributed by atoms with Crippen LogP contribution in [-0.4, -0.2) is 42.5 Å². The van der Waals surface area contributed by atoms with E-state index in [9.17, 15) is 14.9 Å². The van der Waals surface area contributed by atoms with Gasteiger partial charge in [-0.3, -0.25) is 0 Å². The Hall–Kier alpha value is -2.03. The summed E-state index contributed by atoms with van der Waals surface area (Å²) in [5.41, 5.74) is 0. The molecule has 1 rings (SSSR count). The van der Waals surface area contributed by atoms with Crippen LogP contribution in [0.4, 0.5) is 5.95 Å². The van der Waals surface area contributed by atoms with Crippen LogP contribution in [0, 0.1) is 10.1 Å². The smallest absolute Gasteiger partial charge is 0.474 e. The third-order valence-electron chi connectivity index (χ3n) is 1.33. The number of nitrogens with zero attached hydrogens (tertiary/aromatic N) is 4. The second-order valence-corrected chi connectivity index (χ2v) is 2.24. The maximum absolute atomic E-state index is 10.5. The van der Waals surface area contributed by atoms with E-state index in [0.29, 0.717) is 0 Å².